The summed E-state index contributed by atoms with van der Waals surface area (Å²) in [4.78, 5) is 24.8. The van der Waals surface area contributed by atoms with Crippen LogP contribution in [0.25, 0.3) is 0 Å². The van der Waals surface area contributed by atoms with Gasteiger partial charge in [-0.1, -0.05) is 0 Å². The second-order valence-electron chi connectivity index (χ2n) is 3.36. The zero-order valence-corrected chi connectivity index (χ0v) is 11.3. The van der Waals surface area contributed by atoms with Gasteiger partial charge in [-0.05, 0) is 22.9 Å². The van der Waals surface area contributed by atoms with Crippen molar-refractivity contribution in [2.24, 2.45) is 0 Å². The lowest BCUT2D eigenvalue weighted by atomic mass is 10.2. The number of nitro groups is 1. The maximum atomic E-state index is 12.6. The van der Waals surface area contributed by atoms with Gasteiger partial charge in [0, 0.05) is 6.07 Å². The third-order valence-electron chi connectivity index (χ3n) is 2.08. The van der Waals surface area contributed by atoms with Crippen molar-refractivity contribution >= 4 is 27.6 Å². The monoisotopic (exact) mass is 338 g/mol. The smallest absolute Gasteiger partial charge is 0.312 e. The molecule has 0 aliphatic heterocycles. The fourth-order valence-corrected chi connectivity index (χ4v) is 1.80. The minimum atomic E-state index is -2.91. The van der Waals surface area contributed by atoms with Crippen molar-refractivity contribution in [1.29, 1.82) is 0 Å². The maximum absolute atomic E-state index is 12.6. The van der Waals surface area contributed by atoms with E-state index in [0.717, 1.165) is 6.07 Å². The van der Waals surface area contributed by atoms with Gasteiger partial charge in [0.05, 0.1) is 22.4 Å². The summed E-state index contributed by atoms with van der Waals surface area (Å²) in [5, 5.41) is 10.8. The maximum Gasteiger partial charge on any atom is 0.312 e. The Balaban J connectivity index is 3.21. The molecule has 1 aromatic rings. The molecule has 19 heavy (non-hydrogen) atoms. The average molecular weight is 339 g/mol. The summed E-state index contributed by atoms with van der Waals surface area (Å²) in [6.07, 6.45) is -3.44. The van der Waals surface area contributed by atoms with E-state index in [9.17, 15) is 23.7 Å². The summed E-state index contributed by atoms with van der Waals surface area (Å²) in [7, 11) is 0. The second kappa shape index (κ2) is 6.50. The predicted octanol–water partition coefficient (Wildman–Crippen LogP) is 2.80. The molecule has 0 saturated heterocycles. The van der Waals surface area contributed by atoms with E-state index < -0.39 is 35.1 Å². The molecule has 1 rings (SSSR count). The Hall–Kier alpha value is -1.64. The van der Waals surface area contributed by atoms with Gasteiger partial charge < -0.3 is 4.74 Å². The van der Waals surface area contributed by atoms with E-state index >= 15 is 0 Å². The van der Waals surface area contributed by atoms with Crippen molar-refractivity contribution in [3.05, 3.63) is 32.0 Å². The molecule has 0 aliphatic carbocycles. The van der Waals surface area contributed by atoms with Crippen LogP contribution in [0.2, 0.25) is 0 Å². The van der Waals surface area contributed by atoms with E-state index in [2.05, 4.69) is 25.7 Å². The van der Waals surface area contributed by atoms with Gasteiger partial charge in [0.1, 0.15) is 11.4 Å². The quantitative estimate of drug-likeness (QED) is 0.468. The molecule has 0 aromatic carbocycles. The van der Waals surface area contributed by atoms with Crippen molar-refractivity contribution in [2.75, 3.05) is 6.61 Å². The number of nitrogens with zero attached hydrogens (tertiary/aromatic N) is 2. The van der Waals surface area contributed by atoms with Crippen LogP contribution in [0.1, 0.15) is 24.7 Å². The number of hydrogen-bond donors (Lipinski definition) is 0. The fourth-order valence-electron chi connectivity index (χ4n) is 1.32. The van der Waals surface area contributed by atoms with Crippen LogP contribution in [-0.2, 0) is 16.0 Å². The van der Waals surface area contributed by atoms with Crippen LogP contribution in [0.4, 0.5) is 14.5 Å². The molecule has 0 unspecified atom stereocenters. The van der Waals surface area contributed by atoms with Gasteiger partial charge in [0.25, 0.3) is 12.1 Å². The minimum Gasteiger partial charge on any atom is -0.466 e. The molecule has 0 fully saturated rings. The first-order chi connectivity index (χ1) is 8.86. The SMILES string of the molecule is CCOC(=O)Cc1nc(C(F)F)c(Br)cc1[N+](=O)[O-]. The van der Waals surface area contributed by atoms with Crippen molar-refractivity contribution in [1.82, 2.24) is 4.98 Å². The van der Waals surface area contributed by atoms with Crippen LogP contribution >= 0.6 is 15.9 Å². The molecule has 9 heteroatoms. The third-order valence-corrected chi connectivity index (χ3v) is 2.71. The molecule has 1 heterocycles. The summed E-state index contributed by atoms with van der Waals surface area (Å²) in [5.41, 5.74) is -1.50. The number of hydrogen-bond acceptors (Lipinski definition) is 5. The summed E-state index contributed by atoms with van der Waals surface area (Å²) in [5.74, 6) is -0.763. The Morgan fingerprint density at radius 1 is 1.63 bits per heavy atom. The summed E-state index contributed by atoms with van der Waals surface area (Å²) < 4.78 is 29.7. The molecule has 0 aliphatic rings. The largest absolute Gasteiger partial charge is 0.466 e. The molecule has 6 nitrogen and oxygen atoms in total. The first-order valence-corrected chi connectivity index (χ1v) is 5.93. The van der Waals surface area contributed by atoms with Gasteiger partial charge in [-0.3, -0.25) is 14.9 Å². The normalized spacial score (nSPS) is 10.6. The van der Waals surface area contributed by atoms with Crippen molar-refractivity contribution in [2.45, 2.75) is 19.8 Å². The molecule has 0 bridgehead atoms. The summed E-state index contributed by atoms with van der Waals surface area (Å²) >= 11 is 2.78. The Labute approximate surface area is 115 Å². The lowest BCUT2D eigenvalue weighted by Gasteiger charge is -2.07. The molecular weight excluding hydrogens is 330 g/mol. The Morgan fingerprint density at radius 2 is 2.26 bits per heavy atom. The van der Waals surface area contributed by atoms with Crippen molar-refractivity contribution in [3.63, 3.8) is 0 Å². The molecule has 104 valence electrons. The molecule has 0 radical (unpaired) electrons. The number of esters is 1. The van der Waals surface area contributed by atoms with Crippen LogP contribution in [0, 0.1) is 10.1 Å². The Kier molecular flexibility index (Phi) is 5.28. The molecular formula is C10H9BrF2N2O4. The second-order valence-corrected chi connectivity index (χ2v) is 4.22. The highest BCUT2D eigenvalue weighted by Crippen LogP contribution is 2.30. The van der Waals surface area contributed by atoms with E-state index in [1.807, 2.05) is 0 Å². The number of carbonyl (C=O) groups excluding carboxylic acids is 1. The van der Waals surface area contributed by atoms with Gasteiger partial charge >= 0.3 is 5.97 Å². The number of pyridine rings is 1. The molecule has 0 spiro atoms. The van der Waals surface area contributed by atoms with Gasteiger partial charge in [-0.15, -0.1) is 0 Å². The number of aromatic nitrogens is 1. The predicted molar refractivity (Wildman–Crippen MR) is 63.9 cm³/mol. The number of carbonyl (C=O) groups is 1. The van der Waals surface area contributed by atoms with E-state index in [0.29, 0.717) is 0 Å². The topological polar surface area (TPSA) is 82.3 Å². The Morgan fingerprint density at radius 3 is 2.74 bits per heavy atom. The zero-order chi connectivity index (χ0) is 14.6. The number of halogens is 3. The van der Waals surface area contributed by atoms with Crippen LogP contribution in [0.5, 0.6) is 0 Å². The fraction of sp³-hybridized carbons (Fsp3) is 0.400. The van der Waals surface area contributed by atoms with Gasteiger partial charge in [-0.25, -0.2) is 13.8 Å². The van der Waals surface area contributed by atoms with Crippen LogP contribution < -0.4 is 0 Å². The van der Waals surface area contributed by atoms with E-state index in [-0.39, 0.29) is 16.8 Å². The Bertz CT molecular complexity index is 511. The lowest BCUT2D eigenvalue weighted by molar-refractivity contribution is -0.386. The molecule has 0 atom stereocenters. The van der Waals surface area contributed by atoms with Crippen LogP contribution in [-0.4, -0.2) is 22.5 Å². The van der Waals surface area contributed by atoms with Crippen molar-refractivity contribution < 1.29 is 23.2 Å². The molecule has 0 N–H and O–H groups in total. The van der Waals surface area contributed by atoms with E-state index in [4.69, 9.17) is 0 Å². The van der Waals surface area contributed by atoms with E-state index in [1.165, 1.54) is 0 Å². The first-order valence-electron chi connectivity index (χ1n) is 5.14. The standard InChI is InChI=1S/C10H9BrF2N2O4/c1-2-19-8(16)4-6-7(15(17)18)3-5(11)9(14-6)10(12)13/h3,10H,2,4H2,1H3. The number of alkyl halides is 2. The summed E-state index contributed by atoms with van der Waals surface area (Å²) in [6.45, 7) is 1.65. The van der Waals surface area contributed by atoms with Gasteiger partial charge in [0.15, 0.2) is 0 Å². The highest BCUT2D eigenvalue weighted by molar-refractivity contribution is 9.10. The van der Waals surface area contributed by atoms with E-state index in [1.54, 1.807) is 6.92 Å². The highest BCUT2D eigenvalue weighted by atomic mass is 79.9. The number of rotatable bonds is 5. The lowest BCUT2D eigenvalue weighted by Crippen LogP contribution is -2.12. The zero-order valence-electron chi connectivity index (χ0n) is 9.73. The number of ether oxygens (including phenoxy) is 1. The summed E-state index contributed by atoms with van der Waals surface area (Å²) in [6, 6.07) is 0.906. The molecule has 0 saturated carbocycles. The molecule has 1 aromatic heterocycles. The van der Waals surface area contributed by atoms with Gasteiger partial charge in [-0.2, -0.15) is 0 Å². The van der Waals surface area contributed by atoms with Crippen LogP contribution in [0.15, 0.2) is 10.5 Å². The highest BCUT2D eigenvalue weighted by Gasteiger charge is 2.24. The van der Waals surface area contributed by atoms with Gasteiger partial charge in [0.2, 0.25) is 0 Å². The van der Waals surface area contributed by atoms with Crippen molar-refractivity contribution in [3.8, 4) is 0 Å². The average Bonchev–Trinajstić information content (AvgIpc) is 2.30. The van der Waals surface area contributed by atoms with Crippen LogP contribution in [0.3, 0.4) is 0 Å². The molecule has 0 amide bonds. The third kappa shape index (κ3) is 3.91. The minimum absolute atomic E-state index is 0.0882. The first kappa shape index (κ1) is 15.4.